The van der Waals surface area contributed by atoms with Crippen LogP contribution in [0.2, 0.25) is 0 Å². The molecule has 0 amide bonds. The summed E-state index contributed by atoms with van der Waals surface area (Å²) in [4.78, 5) is 57.3. The van der Waals surface area contributed by atoms with Crippen molar-refractivity contribution in [1.29, 1.82) is 0 Å². The number of ether oxygens (including phenoxy) is 5. The zero-order valence-corrected chi connectivity index (χ0v) is 16.4. The highest BCUT2D eigenvalue weighted by molar-refractivity contribution is 8.14. The predicted molar refractivity (Wildman–Crippen MR) is 90.2 cm³/mol. The van der Waals surface area contributed by atoms with Crippen LogP contribution >= 0.6 is 11.8 Å². The third kappa shape index (κ3) is 7.55. The summed E-state index contributed by atoms with van der Waals surface area (Å²) in [7, 11) is 0. The average molecular weight is 406 g/mol. The molecule has 0 unspecified atom stereocenters. The van der Waals surface area contributed by atoms with E-state index in [1.54, 1.807) is 0 Å². The number of hydrogen-bond donors (Lipinski definition) is 0. The van der Waals surface area contributed by atoms with Gasteiger partial charge >= 0.3 is 23.9 Å². The SMILES string of the molecule is CC(=O)OC[C@@H]1O[C@@H](SC(C)=O)[C@H](OC(C)=O)[C@H](OC(C)=O)[C@@H]1OC(C)=O. The van der Waals surface area contributed by atoms with Crippen LogP contribution in [0.25, 0.3) is 0 Å². The fourth-order valence-corrected chi connectivity index (χ4v) is 3.32. The summed E-state index contributed by atoms with van der Waals surface area (Å²) in [5.41, 5.74) is -1.07. The molecule has 0 radical (unpaired) electrons. The molecule has 0 aliphatic carbocycles. The van der Waals surface area contributed by atoms with Crippen molar-refractivity contribution in [2.45, 2.75) is 64.5 Å². The summed E-state index contributed by atoms with van der Waals surface area (Å²) in [5.74, 6) is -2.76. The van der Waals surface area contributed by atoms with Gasteiger partial charge in [0, 0.05) is 34.6 Å². The summed E-state index contributed by atoms with van der Waals surface area (Å²) in [6.45, 7) is 5.51. The van der Waals surface area contributed by atoms with E-state index in [-0.39, 0.29) is 11.7 Å². The molecule has 0 bridgehead atoms. The van der Waals surface area contributed by atoms with Crippen molar-refractivity contribution in [3.8, 4) is 0 Å². The van der Waals surface area contributed by atoms with Crippen molar-refractivity contribution in [2.24, 2.45) is 0 Å². The van der Waals surface area contributed by atoms with E-state index in [0.29, 0.717) is 11.8 Å². The summed E-state index contributed by atoms with van der Waals surface area (Å²) in [6.07, 6.45) is -4.76. The van der Waals surface area contributed by atoms with Crippen LogP contribution in [0.15, 0.2) is 0 Å². The van der Waals surface area contributed by atoms with Crippen molar-refractivity contribution in [3.05, 3.63) is 0 Å². The Morgan fingerprint density at radius 1 is 0.741 bits per heavy atom. The molecule has 0 aromatic carbocycles. The van der Waals surface area contributed by atoms with Crippen LogP contribution < -0.4 is 0 Å². The molecular formula is C16H22O10S. The molecule has 0 saturated carbocycles. The van der Waals surface area contributed by atoms with Crippen molar-refractivity contribution in [3.63, 3.8) is 0 Å². The second-order valence-electron chi connectivity index (χ2n) is 5.68. The lowest BCUT2D eigenvalue weighted by molar-refractivity contribution is -0.237. The van der Waals surface area contributed by atoms with Crippen LogP contribution in [0.3, 0.4) is 0 Å². The highest BCUT2D eigenvalue weighted by Crippen LogP contribution is 2.34. The maximum absolute atomic E-state index is 11.6. The van der Waals surface area contributed by atoms with Gasteiger partial charge in [0.05, 0.1) is 0 Å². The molecule has 27 heavy (non-hydrogen) atoms. The molecule has 10 nitrogen and oxygen atoms in total. The molecule has 0 N–H and O–H groups in total. The van der Waals surface area contributed by atoms with Gasteiger partial charge in [0.1, 0.15) is 12.7 Å². The van der Waals surface area contributed by atoms with E-state index >= 15 is 0 Å². The lowest BCUT2D eigenvalue weighted by Crippen LogP contribution is -2.61. The van der Waals surface area contributed by atoms with Gasteiger partial charge in [0.2, 0.25) is 0 Å². The first-order chi connectivity index (χ1) is 12.5. The minimum absolute atomic E-state index is 0.327. The Morgan fingerprint density at radius 2 is 1.22 bits per heavy atom. The number of carbonyl (C=O) groups is 5. The Labute approximate surface area is 160 Å². The van der Waals surface area contributed by atoms with E-state index in [4.69, 9.17) is 23.7 Å². The maximum Gasteiger partial charge on any atom is 0.303 e. The van der Waals surface area contributed by atoms with E-state index in [1.165, 1.54) is 13.8 Å². The third-order valence-electron chi connectivity index (χ3n) is 3.23. The lowest BCUT2D eigenvalue weighted by atomic mass is 9.99. The average Bonchev–Trinajstić information content (AvgIpc) is 2.49. The predicted octanol–water partition coefficient (Wildman–Crippen LogP) is 0.349. The first kappa shape index (κ1) is 22.9. The van der Waals surface area contributed by atoms with Crippen LogP contribution in [0.1, 0.15) is 34.6 Å². The zero-order chi connectivity index (χ0) is 20.7. The van der Waals surface area contributed by atoms with Crippen LogP contribution in [-0.4, -0.2) is 65.5 Å². The number of esters is 4. The molecule has 1 rings (SSSR count). The molecule has 1 aliphatic heterocycles. The number of carbonyl (C=O) groups excluding carboxylic acids is 5. The fourth-order valence-electron chi connectivity index (χ4n) is 2.45. The van der Waals surface area contributed by atoms with E-state index in [9.17, 15) is 24.0 Å². The molecule has 11 heteroatoms. The summed E-state index contributed by atoms with van der Waals surface area (Å²) in [5, 5.41) is -0.351. The highest BCUT2D eigenvalue weighted by Gasteiger charge is 2.52. The Balaban J connectivity index is 3.29. The summed E-state index contributed by atoms with van der Waals surface area (Å²) < 4.78 is 26.2. The van der Waals surface area contributed by atoms with Crippen molar-refractivity contribution in [2.75, 3.05) is 6.61 Å². The van der Waals surface area contributed by atoms with Gasteiger partial charge in [0.15, 0.2) is 28.9 Å². The van der Waals surface area contributed by atoms with Crippen molar-refractivity contribution >= 4 is 40.8 Å². The zero-order valence-electron chi connectivity index (χ0n) is 15.6. The largest absolute Gasteiger partial charge is 0.463 e. The molecule has 5 atom stereocenters. The molecule has 1 saturated heterocycles. The Hall–Kier alpha value is -2.14. The van der Waals surface area contributed by atoms with E-state index < -0.39 is 53.7 Å². The van der Waals surface area contributed by atoms with Gasteiger partial charge < -0.3 is 23.7 Å². The molecule has 0 aromatic rings. The Kier molecular flexibility index (Phi) is 8.70. The van der Waals surface area contributed by atoms with Gasteiger partial charge in [-0.2, -0.15) is 0 Å². The minimum atomic E-state index is -1.26. The van der Waals surface area contributed by atoms with Gasteiger partial charge in [-0.05, 0) is 0 Å². The quantitative estimate of drug-likeness (QED) is 0.447. The lowest BCUT2D eigenvalue weighted by Gasteiger charge is -2.43. The molecule has 1 aliphatic rings. The first-order valence-corrected chi connectivity index (χ1v) is 8.87. The van der Waals surface area contributed by atoms with Crippen LogP contribution in [0, 0.1) is 0 Å². The van der Waals surface area contributed by atoms with Gasteiger partial charge in [-0.15, -0.1) is 0 Å². The van der Waals surface area contributed by atoms with Crippen LogP contribution in [0.4, 0.5) is 0 Å². The summed E-state index contributed by atoms with van der Waals surface area (Å²) >= 11 is 0.705. The number of thioether (sulfide) groups is 1. The smallest absolute Gasteiger partial charge is 0.303 e. The van der Waals surface area contributed by atoms with E-state index in [0.717, 1.165) is 20.8 Å². The highest BCUT2D eigenvalue weighted by atomic mass is 32.2. The number of hydrogen-bond acceptors (Lipinski definition) is 11. The standard InChI is InChI=1S/C16H22O10S/c1-7(17)22-6-12-13(23-8(2)18)14(24-9(3)19)15(25-10(4)20)16(26-12)27-11(5)21/h12-16H,6H2,1-5H3/t12-,13+,14+,15+,16-/m0/s1. The van der Waals surface area contributed by atoms with Gasteiger partial charge in [0.25, 0.3) is 0 Å². The topological polar surface area (TPSA) is 132 Å². The monoisotopic (exact) mass is 406 g/mol. The molecule has 152 valence electrons. The second-order valence-corrected chi connectivity index (χ2v) is 6.95. The first-order valence-electron chi connectivity index (χ1n) is 7.99. The fraction of sp³-hybridized carbons (Fsp3) is 0.688. The molecule has 1 heterocycles. The van der Waals surface area contributed by atoms with Gasteiger partial charge in [-0.3, -0.25) is 24.0 Å². The van der Waals surface area contributed by atoms with E-state index in [1.807, 2.05) is 0 Å². The molecule has 0 spiro atoms. The van der Waals surface area contributed by atoms with Crippen molar-refractivity contribution in [1.82, 2.24) is 0 Å². The van der Waals surface area contributed by atoms with Gasteiger partial charge in [-0.25, -0.2) is 0 Å². The molecular weight excluding hydrogens is 384 g/mol. The second kappa shape index (κ2) is 10.3. The molecule has 1 fully saturated rings. The van der Waals surface area contributed by atoms with Crippen LogP contribution in [0.5, 0.6) is 0 Å². The minimum Gasteiger partial charge on any atom is -0.463 e. The number of rotatable bonds is 6. The van der Waals surface area contributed by atoms with Crippen molar-refractivity contribution < 1.29 is 47.7 Å². The van der Waals surface area contributed by atoms with Gasteiger partial charge in [-0.1, -0.05) is 11.8 Å². The Morgan fingerprint density at radius 3 is 1.67 bits per heavy atom. The normalized spacial score (nSPS) is 27.2. The maximum atomic E-state index is 11.6. The Bertz CT molecular complexity index is 604. The van der Waals surface area contributed by atoms with Crippen LogP contribution in [-0.2, 0) is 47.7 Å². The molecule has 0 aromatic heterocycles. The summed E-state index contributed by atoms with van der Waals surface area (Å²) in [6, 6.07) is 0. The van der Waals surface area contributed by atoms with E-state index in [2.05, 4.69) is 0 Å². The third-order valence-corrected chi connectivity index (χ3v) is 4.17.